The molecule has 8 fully saturated rings. The molecule has 8 aliphatic rings. The zero-order chi connectivity index (χ0) is 99.7. The maximum atomic E-state index is 13.8. The number of ether oxygens (including phenoxy) is 4. The normalized spacial score (nSPS) is 19.6. The number of benzene rings is 6. The van der Waals surface area contributed by atoms with Crippen LogP contribution in [0.15, 0.2) is 258 Å². The van der Waals surface area contributed by atoms with Gasteiger partial charge in [-0.25, -0.2) is 97.7 Å². The Balaban J connectivity index is 0.000000153. The fourth-order valence-electron chi connectivity index (χ4n) is 18.0. The molecular weight excluding hydrogens is 1940 g/mol. The molecule has 8 saturated heterocycles. The monoisotopic (exact) mass is 2050 g/mol. The number of Topliss-reactive ketones (excluding diaryl/α,β-unsaturated/α-hetero) is 2. The number of nitrogens with zero attached hydrogens (tertiary/aromatic N) is 13. The SMILES string of the molecule is CC(=O)c1ccc(S(=O)(=O)N2CCC3(CC2)OC(CN(C)C)CN3S(=O)(=O)c2ccc(C(C)=O)cc2)cc1.Cc1ccc(S(=O)(=O)N2CCC3(CC2)OCCN3S(=O)(=O)c2ccc(C)cc2)cc1.N=C=O.N=C=O.O=S(=O)(c1cccc2cccnc12)N1CCC2(CC1)OCCN2S(=O)(=O)c1cccc2cccnc12.O=S(=O)(c1ccccn1)N1CCC2(CC1)OCCN2S(=O)(=O)c1ccccn1. The van der Waals surface area contributed by atoms with Gasteiger partial charge in [0.2, 0.25) is 72.3 Å². The summed E-state index contributed by atoms with van der Waals surface area (Å²) in [7, 11) is -26.8. The summed E-state index contributed by atoms with van der Waals surface area (Å²) >= 11 is 0. The summed E-state index contributed by atoms with van der Waals surface area (Å²) in [6, 6.07) is 51.9. The third kappa shape index (κ3) is 22.0. The van der Waals surface area contributed by atoms with Gasteiger partial charge in [-0.3, -0.25) is 19.6 Å². The third-order valence-electron chi connectivity index (χ3n) is 25.0. The molecule has 39 nitrogen and oxygen atoms in total. The molecule has 0 saturated carbocycles. The van der Waals surface area contributed by atoms with Crippen LogP contribution in [0.4, 0.5) is 0 Å². The largest absolute Gasteiger partial charge is 0.358 e. The van der Waals surface area contributed by atoms with Gasteiger partial charge >= 0.3 is 0 Å². The second-order valence-electron chi connectivity index (χ2n) is 33.7. The summed E-state index contributed by atoms with van der Waals surface area (Å²) in [4.78, 5) is 59.2. The number of isocyanates is 2. The van der Waals surface area contributed by atoms with Gasteiger partial charge in [0.1, 0.15) is 32.7 Å². The first-order valence-electron chi connectivity index (χ1n) is 43.7. The van der Waals surface area contributed by atoms with Gasteiger partial charge in [0.15, 0.2) is 21.6 Å². The number of fused-ring (bicyclic) bond motifs is 2. The summed E-state index contributed by atoms with van der Waals surface area (Å²) in [5, 5.41) is 12.2. The molecule has 10 aromatic rings. The van der Waals surface area contributed by atoms with E-state index in [4.69, 9.17) is 39.4 Å². The molecule has 736 valence electrons. The maximum absolute atomic E-state index is 13.8. The summed E-state index contributed by atoms with van der Waals surface area (Å²) in [5.74, 6) is -0.317. The van der Waals surface area contributed by atoms with Gasteiger partial charge in [0.05, 0.1) is 56.5 Å². The number of likely N-dealkylation sites (N-methyl/N-ethyl adjacent to an activating group) is 1. The first kappa shape index (κ1) is 105. The van der Waals surface area contributed by atoms with Crippen LogP contribution in [-0.2, 0) is 109 Å². The molecular formula is C91H105N15O24S8. The van der Waals surface area contributed by atoms with E-state index in [1.165, 1.54) is 121 Å². The minimum Gasteiger partial charge on any atom is -0.358 e. The molecule has 0 amide bonds. The van der Waals surface area contributed by atoms with E-state index in [0.717, 1.165) is 34.1 Å². The second-order valence-corrected chi connectivity index (χ2v) is 48.7. The van der Waals surface area contributed by atoms with Gasteiger partial charge in [-0.2, -0.15) is 34.4 Å². The highest BCUT2D eigenvalue weighted by atomic mass is 32.2. The molecule has 1 unspecified atom stereocenters. The molecule has 1 atom stereocenters. The van der Waals surface area contributed by atoms with Gasteiger partial charge in [-0.1, -0.05) is 108 Å². The fourth-order valence-corrected chi connectivity index (χ4v) is 30.9. The van der Waals surface area contributed by atoms with Crippen molar-refractivity contribution in [1.29, 1.82) is 10.8 Å². The number of aromatic nitrogens is 4. The minimum absolute atomic E-state index is 0.0174. The summed E-state index contributed by atoms with van der Waals surface area (Å²) in [6.45, 7) is 9.86. The van der Waals surface area contributed by atoms with Crippen LogP contribution < -0.4 is 0 Å². The molecule has 0 aliphatic carbocycles. The molecule has 0 radical (unpaired) electrons. The number of hydrogen-bond acceptors (Lipinski definition) is 31. The molecule has 4 aromatic heterocycles. The van der Waals surface area contributed by atoms with Crippen molar-refractivity contribution in [2.24, 2.45) is 0 Å². The van der Waals surface area contributed by atoms with Crippen molar-refractivity contribution in [3.8, 4) is 0 Å². The number of carbonyl (C=O) groups is 2. The molecule has 8 aliphatic heterocycles. The Morgan fingerprint density at radius 3 is 1.02 bits per heavy atom. The van der Waals surface area contributed by atoms with Gasteiger partial charge < -0.3 is 23.8 Å². The summed E-state index contributed by atoms with van der Waals surface area (Å²) in [5.41, 5.74) is -0.700. The standard InChI is InChI=1S/C26H33N3O7S2.C25H24N4O5S2.C21H26N2O5S2.C17H20N4O5S2.2CHNO/c1-19(30)21-5-9-24(10-6-21)37(32,33)28-15-13-26(14-16-28)29(18-23(36-26)17-27(3)4)38(34,35)25-11-7-22(8-12-25)20(2)31;30-35(31,21-9-1-5-19-7-3-13-26-23(19)21)28-15-11-25(12-16-28)29(17-18-34-25)36(32,33)22-10-2-6-20-8-4-14-27-24(20)22;1-17-3-7-19(8-4-17)29(24,25)22-13-11-21(12-14-22)23(15-16-28-21)30(26,27)20-9-5-18(2)6-10-20;22-27(23,15-5-1-3-9-18-15)20-11-7-17(8-12-20)21(13-14-26-17)28(24,25)16-6-2-4-10-19-16;2*2-1-3/h5-12,23H,13-18H2,1-4H3;1-10,13-14H,11-12,15-18H2;3-10H,11-16H2,1-2H3;1-6,9-10H,7-8,11-14H2;2*2H. The highest BCUT2D eigenvalue weighted by Gasteiger charge is 2.58. The Bertz CT molecular complexity index is 7120. The van der Waals surface area contributed by atoms with Crippen molar-refractivity contribution in [3.63, 3.8) is 0 Å². The third-order valence-corrected chi connectivity index (χ3v) is 40.3. The number of hydrogen-bond donors (Lipinski definition) is 2. The number of sulfonamides is 8. The van der Waals surface area contributed by atoms with E-state index in [1.807, 2.05) is 57.1 Å². The van der Waals surface area contributed by atoms with Crippen LogP contribution in [0.5, 0.6) is 0 Å². The molecule has 4 spiro atoms. The van der Waals surface area contributed by atoms with E-state index < -0.39 is 109 Å². The number of piperidine rings is 4. The number of para-hydroxylation sites is 2. The zero-order valence-electron chi connectivity index (χ0n) is 76.2. The van der Waals surface area contributed by atoms with E-state index in [0.29, 0.717) is 48.2 Å². The molecule has 2 N–H and O–H groups in total. The van der Waals surface area contributed by atoms with Gasteiger partial charge in [0, 0.05) is 183 Å². The lowest BCUT2D eigenvalue weighted by atomic mass is 10.0. The van der Waals surface area contributed by atoms with Crippen molar-refractivity contribution in [2.45, 2.75) is 147 Å². The van der Waals surface area contributed by atoms with Crippen LogP contribution in [0.25, 0.3) is 21.8 Å². The number of ketones is 2. The van der Waals surface area contributed by atoms with Crippen LogP contribution >= 0.6 is 0 Å². The van der Waals surface area contributed by atoms with Gasteiger partial charge in [0.25, 0.3) is 20.0 Å². The fraction of sp³-hybridized carbons (Fsp3) is 0.385. The highest BCUT2D eigenvalue weighted by Crippen LogP contribution is 2.46. The Morgan fingerprint density at radius 2 is 0.659 bits per heavy atom. The van der Waals surface area contributed by atoms with Crippen LogP contribution in [-0.4, -0.2) is 298 Å². The number of carbonyl (C=O) groups excluding carboxylic acids is 4. The minimum atomic E-state index is -4.00. The number of rotatable bonds is 20. The van der Waals surface area contributed by atoms with E-state index in [1.54, 1.807) is 122 Å². The first-order chi connectivity index (χ1) is 65.4. The lowest BCUT2D eigenvalue weighted by Crippen LogP contribution is -2.55. The van der Waals surface area contributed by atoms with Crippen molar-refractivity contribution in [1.82, 2.24) is 59.3 Å². The van der Waals surface area contributed by atoms with Crippen molar-refractivity contribution < 1.29 is 105 Å². The van der Waals surface area contributed by atoms with Gasteiger partial charge in [-0.15, -0.1) is 0 Å². The number of pyridine rings is 4. The molecule has 0 bridgehead atoms. The predicted molar refractivity (Wildman–Crippen MR) is 504 cm³/mol. The number of aryl methyl sites for hydroxylation is 2. The topological polar surface area (TPSA) is 507 Å². The van der Waals surface area contributed by atoms with Gasteiger partial charge in [-0.05, 0) is 139 Å². The van der Waals surface area contributed by atoms with Crippen LogP contribution in [0.3, 0.4) is 0 Å². The Kier molecular flexibility index (Phi) is 32.7. The van der Waals surface area contributed by atoms with E-state index in [-0.39, 0.29) is 181 Å². The lowest BCUT2D eigenvalue weighted by molar-refractivity contribution is -0.108. The lowest BCUT2D eigenvalue weighted by Gasteiger charge is -2.42. The summed E-state index contributed by atoms with van der Waals surface area (Å²) in [6.07, 6.45) is 8.95. The molecule has 138 heavy (non-hydrogen) atoms. The molecule has 18 rings (SSSR count). The summed E-state index contributed by atoms with van der Waals surface area (Å²) < 4.78 is 248. The van der Waals surface area contributed by atoms with E-state index >= 15 is 0 Å². The van der Waals surface area contributed by atoms with Crippen LogP contribution in [0.1, 0.15) is 97.1 Å². The average Bonchev–Trinajstić information content (AvgIpc) is 1.60. The van der Waals surface area contributed by atoms with Crippen molar-refractivity contribution in [3.05, 3.63) is 241 Å². The average molecular weight is 2050 g/mol. The Hall–Kier alpha value is -10.4. The predicted octanol–water partition coefficient (Wildman–Crippen LogP) is 8.19. The maximum Gasteiger partial charge on any atom is 0.263 e. The quantitative estimate of drug-likeness (QED) is 0.0412. The molecule has 6 aromatic carbocycles. The van der Waals surface area contributed by atoms with E-state index in [2.05, 4.69) is 19.9 Å². The Morgan fingerprint density at radius 1 is 0.355 bits per heavy atom. The van der Waals surface area contributed by atoms with Crippen molar-refractivity contribution >= 4 is 126 Å². The smallest absolute Gasteiger partial charge is 0.263 e. The van der Waals surface area contributed by atoms with Crippen molar-refractivity contribution in [2.75, 3.05) is 119 Å². The zero-order valence-corrected chi connectivity index (χ0v) is 82.7. The second kappa shape index (κ2) is 43.0. The van der Waals surface area contributed by atoms with Crippen LogP contribution in [0, 0.1) is 24.7 Å². The molecule has 12 heterocycles. The van der Waals surface area contributed by atoms with E-state index in [9.17, 15) is 76.9 Å². The molecule has 47 heteroatoms. The highest BCUT2D eigenvalue weighted by molar-refractivity contribution is 7.91. The number of nitrogens with one attached hydrogen (secondary N) is 2. The first-order valence-corrected chi connectivity index (χ1v) is 55.2. The van der Waals surface area contributed by atoms with Crippen LogP contribution in [0.2, 0.25) is 0 Å². The Labute approximate surface area is 803 Å².